The zero-order valence-corrected chi connectivity index (χ0v) is 20.6. The van der Waals surface area contributed by atoms with E-state index in [9.17, 15) is 0 Å². The molecule has 108 valence electrons. The zero-order valence-electron chi connectivity index (χ0n) is 13.3. The number of hydrogen-bond acceptors (Lipinski definition) is 2. The Morgan fingerprint density at radius 1 is 0.650 bits per heavy atom. The molecule has 0 saturated heterocycles. The van der Waals surface area contributed by atoms with Crippen LogP contribution < -0.4 is 5.79 Å². The summed E-state index contributed by atoms with van der Waals surface area (Å²) in [7, 11) is 0. The van der Waals surface area contributed by atoms with E-state index in [-0.39, 0.29) is 0 Å². The van der Waals surface area contributed by atoms with E-state index in [4.69, 9.17) is 0 Å². The Kier molecular flexibility index (Phi) is 5.53. The van der Waals surface area contributed by atoms with E-state index in [0.29, 0.717) is 0 Å². The van der Waals surface area contributed by atoms with Gasteiger partial charge in [0.05, 0.1) is 0 Å². The van der Waals surface area contributed by atoms with Gasteiger partial charge < -0.3 is 0 Å². The summed E-state index contributed by atoms with van der Waals surface area (Å²) in [5, 5.41) is 0. The van der Waals surface area contributed by atoms with Crippen molar-refractivity contribution in [3.8, 4) is 0 Å². The molecule has 0 atom stereocenters. The molecule has 2 rings (SSSR count). The second-order valence-corrected chi connectivity index (χ2v) is 40.3. The van der Waals surface area contributed by atoms with E-state index >= 15 is 0 Å². The average Bonchev–Trinajstić information content (AvgIpc) is 2.94. The Balaban J connectivity index is 2.14. The van der Waals surface area contributed by atoms with Crippen molar-refractivity contribution in [1.29, 1.82) is 0 Å². The Morgan fingerprint density at radius 2 is 1.00 bits per heavy atom. The molecule has 0 bridgehead atoms. The van der Waals surface area contributed by atoms with Gasteiger partial charge in [-0.2, -0.15) is 0 Å². The number of rotatable bonds is 4. The molecule has 0 aliphatic carbocycles. The van der Waals surface area contributed by atoms with Crippen LogP contribution in [0.15, 0.2) is 24.3 Å². The third kappa shape index (κ3) is 4.62. The summed E-state index contributed by atoms with van der Waals surface area (Å²) in [5.41, 5.74) is 0. The van der Waals surface area contributed by atoms with Gasteiger partial charge >= 0.3 is 141 Å². The summed E-state index contributed by atoms with van der Waals surface area (Å²) >= 11 is 0.262. The van der Waals surface area contributed by atoms with Crippen LogP contribution in [-0.2, 0) is 0 Å². The van der Waals surface area contributed by atoms with Crippen LogP contribution in [0.25, 0.3) is 12.2 Å². The van der Waals surface area contributed by atoms with Gasteiger partial charge in [0.15, 0.2) is 0 Å². The predicted octanol–water partition coefficient (Wildman–Crippen LogP) is 5.07. The molecule has 20 heavy (non-hydrogen) atoms. The number of hydrogen-bond donors (Lipinski definition) is 0. The third-order valence-electron chi connectivity index (χ3n) is 3.14. The van der Waals surface area contributed by atoms with Crippen LogP contribution in [0.5, 0.6) is 0 Å². The van der Waals surface area contributed by atoms with Gasteiger partial charge in [-0.15, -0.1) is 0 Å². The average molecular weight is 518 g/mol. The summed E-state index contributed by atoms with van der Waals surface area (Å²) in [5.74, 6) is 0. The maximum absolute atomic E-state index is 2.48. The summed E-state index contributed by atoms with van der Waals surface area (Å²) in [6, 6.07) is 9.28. The fourth-order valence-corrected chi connectivity index (χ4v) is 14.4. The van der Waals surface area contributed by atoms with Crippen molar-refractivity contribution in [1.82, 2.24) is 0 Å². The minimum atomic E-state index is -1.86. The fraction of sp³-hybridized carbons (Fsp3) is 0.375. The standard InChI is InChI=1S/C10H6S2.6CH3.2Sn/c1-3-9(11-7-1)5-6-10-4-2-8-12-10;;;;;;;;/h1-6H;6*1H3;;/b6-5+;;;;;;;;. The summed E-state index contributed by atoms with van der Waals surface area (Å²) < 4.78 is 3.33. The minimum absolute atomic E-state index is 1.40. The Morgan fingerprint density at radius 3 is 1.25 bits per heavy atom. The third-order valence-corrected chi connectivity index (χ3v) is 24.2. The van der Waals surface area contributed by atoms with Crippen molar-refractivity contribution in [2.24, 2.45) is 0 Å². The van der Waals surface area contributed by atoms with Crippen molar-refractivity contribution in [3.05, 3.63) is 34.0 Å². The van der Waals surface area contributed by atoms with Gasteiger partial charge in [-0.25, -0.2) is 0 Å². The molecular weight excluding hydrogens is 494 g/mol. The second kappa shape index (κ2) is 6.47. The molecule has 0 fully saturated rings. The van der Waals surface area contributed by atoms with Crippen LogP contribution in [0.4, 0.5) is 0 Å². The molecule has 2 aromatic rings. The van der Waals surface area contributed by atoms with Crippen LogP contribution in [-0.4, -0.2) is 36.8 Å². The van der Waals surface area contributed by atoms with E-state index in [0.717, 1.165) is 0 Å². The van der Waals surface area contributed by atoms with Crippen molar-refractivity contribution in [2.45, 2.75) is 29.6 Å². The van der Waals surface area contributed by atoms with Crippen molar-refractivity contribution in [3.63, 3.8) is 0 Å². The summed E-state index contributed by atoms with van der Waals surface area (Å²) in [6.45, 7) is 0. The Hall–Kier alpha value is 0.737. The molecule has 0 saturated carbocycles. The molecular formula is C16H24S2Sn2. The molecule has 2 aromatic heterocycles. The molecule has 2 heterocycles. The van der Waals surface area contributed by atoms with Crippen molar-refractivity contribution >= 4 is 77.4 Å². The SMILES string of the molecule is [CH3][Sn]([CH3])([CH3])[c]1ccc(/C=C/c2cc[c]([Sn]([CH3])([CH3])[CH3])s2)s1. The van der Waals surface area contributed by atoms with E-state index < -0.39 is 36.8 Å². The van der Waals surface area contributed by atoms with Gasteiger partial charge in [-0.05, 0) is 0 Å². The maximum atomic E-state index is 2.48. The molecule has 0 aliphatic heterocycles. The molecule has 0 nitrogen and oxygen atoms in total. The fourth-order valence-electron chi connectivity index (χ4n) is 1.86. The Bertz CT molecular complexity index is 553. The first-order chi connectivity index (χ1) is 9.16. The first kappa shape index (κ1) is 17.1. The van der Waals surface area contributed by atoms with Crippen LogP contribution in [0.2, 0.25) is 29.6 Å². The van der Waals surface area contributed by atoms with Gasteiger partial charge in [0, 0.05) is 0 Å². The van der Waals surface area contributed by atoms with Gasteiger partial charge in [-0.1, -0.05) is 0 Å². The first-order valence-electron chi connectivity index (χ1n) is 7.05. The van der Waals surface area contributed by atoms with E-state index in [1.165, 1.54) is 9.75 Å². The number of thiophene rings is 2. The van der Waals surface area contributed by atoms with Crippen molar-refractivity contribution < 1.29 is 0 Å². The van der Waals surface area contributed by atoms with Crippen LogP contribution >= 0.6 is 22.7 Å². The van der Waals surface area contributed by atoms with Gasteiger partial charge in [0.25, 0.3) is 0 Å². The molecule has 0 radical (unpaired) electrons. The van der Waals surface area contributed by atoms with E-state index in [1.807, 2.05) is 22.7 Å². The van der Waals surface area contributed by atoms with Crippen molar-refractivity contribution in [2.75, 3.05) is 0 Å². The van der Waals surface area contributed by atoms with Gasteiger partial charge in [-0.3, -0.25) is 0 Å². The zero-order chi connectivity index (χ0) is 15.0. The molecule has 4 heteroatoms. The topological polar surface area (TPSA) is 0 Å². The Labute approximate surface area is 139 Å². The van der Waals surface area contributed by atoms with Crippen LogP contribution in [0.1, 0.15) is 9.75 Å². The normalized spacial score (nSPS) is 13.3. The summed E-state index contributed by atoms with van der Waals surface area (Å²) in [4.78, 5) is 17.7. The second-order valence-electron chi connectivity index (χ2n) is 7.24. The molecule has 0 aliphatic rings. The monoisotopic (exact) mass is 520 g/mol. The van der Waals surface area contributed by atoms with Crippen LogP contribution in [0, 0.1) is 0 Å². The molecule has 0 spiro atoms. The van der Waals surface area contributed by atoms with Crippen LogP contribution in [0.3, 0.4) is 0 Å². The summed E-state index contributed by atoms with van der Waals surface area (Å²) in [6.07, 6.45) is 4.58. The van der Waals surface area contributed by atoms with E-state index in [1.54, 1.807) is 5.79 Å². The van der Waals surface area contributed by atoms with Gasteiger partial charge in [0.1, 0.15) is 0 Å². The molecule has 0 unspecified atom stereocenters. The predicted molar refractivity (Wildman–Crippen MR) is 104 cm³/mol. The molecule has 0 aromatic carbocycles. The van der Waals surface area contributed by atoms with E-state index in [2.05, 4.69) is 66.1 Å². The van der Waals surface area contributed by atoms with Gasteiger partial charge in [0.2, 0.25) is 0 Å². The first-order valence-corrected chi connectivity index (χ1v) is 28.7. The molecule has 0 amide bonds. The molecule has 0 N–H and O–H groups in total. The quantitative estimate of drug-likeness (QED) is 0.497.